The van der Waals surface area contributed by atoms with Gasteiger partial charge in [0.25, 0.3) is 5.91 Å². The number of hydrogen-bond acceptors (Lipinski definition) is 3. The molecule has 0 bridgehead atoms. The maximum absolute atomic E-state index is 12.0. The number of hydrogen-bond donors (Lipinski definition) is 1. The fourth-order valence-corrected chi connectivity index (χ4v) is 2.95. The zero-order valence-corrected chi connectivity index (χ0v) is 15.1. The quantitative estimate of drug-likeness (QED) is 0.806. The molecule has 0 spiro atoms. The van der Waals surface area contributed by atoms with E-state index in [1.54, 1.807) is 12.1 Å². The summed E-state index contributed by atoms with van der Waals surface area (Å²) < 4.78 is 12.0. The number of anilines is 1. The van der Waals surface area contributed by atoms with Gasteiger partial charge >= 0.3 is 0 Å². The van der Waals surface area contributed by atoms with Gasteiger partial charge in [-0.05, 0) is 68.3 Å². The van der Waals surface area contributed by atoms with Crippen molar-refractivity contribution in [1.29, 1.82) is 0 Å². The molecule has 4 nitrogen and oxygen atoms in total. The van der Waals surface area contributed by atoms with Crippen LogP contribution in [-0.2, 0) is 4.79 Å². The zero-order chi connectivity index (χ0) is 16.8. The number of benzene rings is 2. The topological polar surface area (TPSA) is 47.6 Å². The SMILES string of the molecule is CCOc1ccc(NC(=O)COc2c(C)cc(Br)cc2C)cc1. The highest BCUT2D eigenvalue weighted by atomic mass is 79.9. The number of carbonyl (C=O) groups excluding carboxylic acids is 1. The molecule has 2 aromatic carbocycles. The maximum atomic E-state index is 12.0. The van der Waals surface area contributed by atoms with Crippen molar-refractivity contribution in [1.82, 2.24) is 0 Å². The van der Waals surface area contributed by atoms with E-state index in [-0.39, 0.29) is 12.5 Å². The first-order chi connectivity index (χ1) is 11.0. The molecule has 0 aliphatic heterocycles. The third-order valence-electron chi connectivity index (χ3n) is 3.22. The van der Waals surface area contributed by atoms with E-state index in [9.17, 15) is 4.79 Å². The van der Waals surface area contributed by atoms with Crippen LogP contribution in [0.3, 0.4) is 0 Å². The van der Waals surface area contributed by atoms with Crippen LogP contribution in [0.1, 0.15) is 18.1 Å². The van der Waals surface area contributed by atoms with Crippen LogP contribution in [-0.4, -0.2) is 19.1 Å². The first-order valence-electron chi connectivity index (χ1n) is 7.42. The minimum absolute atomic E-state index is 0.0312. The highest BCUT2D eigenvalue weighted by Crippen LogP contribution is 2.27. The molecule has 0 aliphatic carbocycles. The second kappa shape index (κ2) is 8.02. The molecule has 23 heavy (non-hydrogen) atoms. The van der Waals surface area contributed by atoms with Gasteiger partial charge in [-0.3, -0.25) is 4.79 Å². The molecule has 5 heteroatoms. The van der Waals surface area contributed by atoms with Crippen LogP contribution in [0.4, 0.5) is 5.69 Å². The molecule has 0 atom stereocenters. The number of rotatable bonds is 6. The molecule has 0 radical (unpaired) electrons. The summed E-state index contributed by atoms with van der Waals surface area (Å²) in [6, 6.07) is 11.2. The van der Waals surface area contributed by atoms with Gasteiger partial charge in [-0.1, -0.05) is 15.9 Å². The molecule has 2 aromatic rings. The van der Waals surface area contributed by atoms with E-state index < -0.39 is 0 Å². The van der Waals surface area contributed by atoms with Gasteiger partial charge < -0.3 is 14.8 Å². The summed E-state index contributed by atoms with van der Waals surface area (Å²) in [5.74, 6) is 1.33. The Kier molecular flexibility index (Phi) is 6.04. The maximum Gasteiger partial charge on any atom is 0.262 e. The first-order valence-corrected chi connectivity index (χ1v) is 8.21. The number of amides is 1. The molecule has 0 heterocycles. The zero-order valence-electron chi connectivity index (χ0n) is 13.5. The van der Waals surface area contributed by atoms with Crippen molar-refractivity contribution in [3.63, 3.8) is 0 Å². The lowest BCUT2D eigenvalue weighted by atomic mass is 10.1. The molecule has 2 rings (SSSR count). The Balaban J connectivity index is 1.93. The third kappa shape index (κ3) is 4.99. The molecule has 0 saturated heterocycles. The summed E-state index contributed by atoms with van der Waals surface area (Å²) in [6.07, 6.45) is 0. The fourth-order valence-electron chi connectivity index (χ4n) is 2.26. The molecule has 122 valence electrons. The summed E-state index contributed by atoms with van der Waals surface area (Å²) in [7, 11) is 0. The molecule has 0 fully saturated rings. The molecule has 0 unspecified atom stereocenters. The molecule has 1 N–H and O–H groups in total. The highest BCUT2D eigenvalue weighted by molar-refractivity contribution is 9.10. The summed E-state index contributed by atoms with van der Waals surface area (Å²) in [4.78, 5) is 12.0. The standard InChI is InChI=1S/C18H20BrNO3/c1-4-22-16-7-5-15(6-8-16)20-17(21)11-23-18-12(2)9-14(19)10-13(18)3/h5-10H,4,11H2,1-3H3,(H,20,21). The second-order valence-corrected chi connectivity index (χ2v) is 6.08. The van der Waals surface area contributed by atoms with Gasteiger partial charge in [0, 0.05) is 10.2 Å². The van der Waals surface area contributed by atoms with Crippen molar-refractivity contribution in [3.05, 3.63) is 52.0 Å². The number of nitrogens with one attached hydrogen (secondary N) is 1. The van der Waals surface area contributed by atoms with E-state index >= 15 is 0 Å². The van der Waals surface area contributed by atoms with Gasteiger partial charge in [-0.2, -0.15) is 0 Å². The van der Waals surface area contributed by atoms with Gasteiger partial charge in [-0.15, -0.1) is 0 Å². The average molecular weight is 378 g/mol. The van der Waals surface area contributed by atoms with Gasteiger partial charge in [0.15, 0.2) is 6.61 Å². The number of aryl methyl sites for hydroxylation is 2. The highest BCUT2D eigenvalue weighted by Gasteiger charge is 2.09. The Morgan fingerprint density at radius 3 is 2.26 bits per heavy atom. The Labute approximate surface area is 144 Å². The van der Waals surface area contributed by atoms with E-state index in [1.807, 2.05) is 45.0 Å². The van der Waals surface area contributed by atoms with Gasteiger partial charge in [0.1, 0.15) is 11.5 Å². The number of carbonyl (C=O) groups is 1. The predicted molar refractivity (Wildman–Crippen MR) is 95.4 cm³/mol. The van der Waals surface area contributed by atoms with Crippen LogP contribution in [0.5, 0.6) is 11.5 Å². The Morgan fingerprint density at radius 1 is 1.09 bits per heavy atom. The van der Waals surface area contributed by atoms with Crippen molar-refractivity contribution in [3.8, 4) is 11.5 Å². The number of ether oxygens (including phenoxy) is 2. The van der Waals surface area contributed by atoms with Crippen molar-refractivity contribution in [2.24, 2.45) is 0 Å². The van der Waals surface area contributed by atoms with Crippen molar-refractivity contribution in [2.75, 3.05) is 18.5 Å². The summed E-state index contributed by atoms with van der Waals surface area (Å²) in [5, 5.41) is 2.80. The van der Waals surface area contributed by atoms with Gasteiger partial charge in [0.2, 0.25) is 0 Å². The largest absolute Gasteiger partial charge is 0.494 e. The van der Waals surface area contributed by atoms with Crippen LogP contribution in [0.15, 0.2) is 40.9 Å². The van der Waals surface area contributed by atoms with E-state index in [1.165, 1.54) is 0 Å². The summed E-state index contributed by atoms with van der Waals surface area (Å²) in [6.45, 7) is 6.43. The molecule has 0 saturated carbocycles. The smallest absolute Gasteiger partial charge is 0.262 e. The van der Waals surface area contributed by atoms with Crippen LogP contribution >= 0.6 is 15.9 Å². The molecule has 1 amide bonds. The Hall–Kier alpha value is -2.01. The van der Waals surface area contributed by atoms with Gasteiger partial charge in [-0.25, -0.2) is 0 Å². The van der Waals surface area contributed by atoms with Crippen LogP contribution in [0, 0.1) is 13.8 Å². The van der Waals surface area contributed by atoms with Crippen LogP contribution < -0.4 is 14.8 Å². The first kappa shape index (κ1) is 17.3. The Morgan fingerprint density at radius 2 is 1.70 bits per heavy atom. The van der Waals surface area contributed by atoms with E-state index in [0.717, 1.165) is 27.1 Å². The van der Waals surface area contributed by atoms with Crippen molar-refractivity contribution >= 4 is 27.5 Å². The molecular formula is C18H20BrNO3. The molecule has 0 aromatic heterocycles. The van der Waals surface area contributed by atoms with Crippen molar-refractivity contribution in [2.45, 2.75) is 20.8 Å². The van der Waals surface area contributed by atoms with Crippen LogP contribution in [0.25, 0.3) is 0 Å². The van der Waals surface area contributed by atoms with Crippen LogP contribution in [0.2, 0.25) is 0 Å². The molecular weight excluding hydrogens is 358 g/mol. The van der Waals surface area contributed by atoms with E-state index in [0.29, 0.717) is 12.3 Å². The summed E-state index contributed by atoms with van der Waals surface area (Å²) in [5.41, 5.74) is 2.70. The second-order valence-electron chi connectivity index (χ2n) is 5.16. The summed E-state index contributed by atoms with van der Waals surface area (Å²) >= 11 is 3.44. The minimum Gasteiger partial charge on any atom is -0.494 e. The van der Waals surface area contributed by atoms with E-state index in [4.69, 9.17) is 9.47 Å². The predicted octanol–water partition coefficient (Wildman–Crippen LogP) is 4.48. The van der Waals surface area contributed by atoms with Gasteiger partial charge in [0.05, 0.1) is 6.61 Å². The monoisotopic (exact) mass is 377 g/mol. The number of halogens is 1. The fraction of sp³-hybridized carbons (Fsp3) is 0.278. The third-order valence-corrected chi connectivity index (χ3v) is 3.68. The lowest BCUT2D eigenvalue weighted by molar-refractivity contribution is -0.118. The molecule has 0 aliphatic rings. The average Bonchev–Trinajstić information content (AvgIpc) is 2.48. The lowest BCUT2D eigenvalue weighted by Crippen LogP contribution is -2.20. The van der Waals surface area contributed by atoms with Crippen molar-refractivity contribution < 1.29 is 14.3 Å². The normalized spacial score (nSPS) is 10.3. The Bertz CT molecular complexity index is 660. The minimum atomic E-state index is -0.198. The lowest BCUT2D eigenvalue weighted by Gasteiger charge is -2.13. The van der Waals surface area contributed by atoms with E-state index in [2.05, 4.69) is 21.2 Å².